The summed E-state index contributed by atoms with van der Waals surface area (Å²) in [5, 5.41) is 4.51. The first-order valence-corrected chi connectivity index (χ1v) is 9.19. The molecule has 2 aromatic carbocycles. The van der Waals surface area contributed by atoms with E-state index in [1.54, 1.807) is 0 Å². The Morgan fingerprint density at radius 3 is 2.79 bits per heavy atom. The Morgan fingerprint density at radius 1 is 1.08 bits per heavy atom. The maximum absolute atomic E-state index is 6.22. The molecule has 5 heteroatoms. The Hall–Kier alpha value is -1.65. The molecule has 1 N–H and O–H groups in total. The molecule has 2 heterocycles. The molecule has 0 saturated heterocycles. The molecule has 3 atom stereocenters. The van der Waals surface area contributed by atoms with E-state index in [1.165, 1.54) is 11.1 Å². The van der Waals surface area contributed by atoms with E-state index < -0.39 is 0 Å². The Morgan fingerprint density at radius 2 is 1.92 bits per heavy atom. The number of nitrogens with one attached hydrogen (secondary N) is 1. The fraction of sp³-hybridized carbons (Fsp3) is 0.263. The maximum atomic E-state index is 6.22. The Labute approximate surface area is 153 Å². The lowest BCUT2D eigenvalue weighted by Gasteiger charge is -2.38. The van der Waals surface area contributed by atoms with Crippen LogP contribution < -0.4 is 14.8 Å². The van der Waals surface area contributed by atoms with Crippen molar-refractivity contribution in [3.8, 4) is 11.5 Å². The maximum Gasteiger partial charge on any atom is 0.231 e. The van der Waals surface area contributed by atoms with Crippen LogP contribution in [0.3, 0.4) is 0 Å². The number of rotatable bonds is 1. The normalized spacial score (nSPS) is 26.0. The van der Waals surface area contributed by atoms with Crippen LogP contribution in [0.1, 0.15) is 29.5 Å². The molecule has 24 heavy (non-hydrogen) atoms. The largest absolute Gasteiger partial charge is 0.454 e. The quantitative estimate of drug-likeness (QED) is 0.622. The zero-order chi connectivity index (χ0) is 16.3. The molecular weight excluding hydrogens is 390 g/mol. The molecule has 3 nitrogen and oxygen atoms in total. The number of allylic oxidation sites excluding steroid dienone is 2. The molecule has 0 radical (unpaired) electrons. The highest BCUT2D eigenvalue weighted by atomic mass is 79.9. The summed E-state index contributed by atoms with van der Waals surface area (Å²) in [5.74, 6) is 2.48. The summed E-state index contributed by atoms with van der Waals surface area (Å²) < 4.78 is 12.1. The van der Waals surface area contributed by atoms with E-state index >= 15 is 0 Å². The van der Waals surface area contributed by atoms with E-state index in [0.29, 0.717) is 11.8 Å². The second kappa shape index (κ2) is 5.43. The van der Waals surface area contributed by atoms with Gasteiger partial charge in [0.1, 0.15) is 0 Å². The van der Waals surface area contributed by atoms with E-state index in [9.17, 15) is 0 Å². The standard InChI is InChI=1S/C19H15BrClNO2/c20-15-8-18-17(23-9-24-18)7-14(15)19-12-3-1-2-11(12)13-6-10(21)4-5-16(13)22-19/h1-2,4-8,11-12,19,22H,3,9H2. The number of fused-ring (bicyclic) bond motifs is 4. The lowest BCUT2D eigenvalue weighted by atomic mass is 9.77. The van der Waals surface area contributed by atoms with Crippen molar-refractivity contribution in [1.82, 2.24) is 0 Å². The first-order chi connectivity index (χ1) is 11.7. The van der Waals surface area contributed by atoms with Gasteiger partial charge in [-0.3, -0.25) is 0 Å². The van der Waals surface area contributed by atoms with Crippen LogP contribution in [0.5, 0.6) is 11.5 Å². The summed E-state index contributed by atoms with van der Waals surface area (Å²) >= 11 is 9.94. The van der Waals surface area contributed by atoms with Gasteiger partial charge in [-0.25, -0.2) is 0 Å². The number of benzene rings is 2. The van der Waals surface area contributed by atoms with Gasteiger partial charge in [0.2, 0.25) is 6.79 Å². The first kappa shape index (κ1) is 14.7. The number of anilines is 1. The van der Waals surface area contributed by atoms with Gasteiger partial charge in [0.25, 0.3) is 0 Å². The monoisotopic (exact) mass is 403 g/mol. The third-order valence-corrected chi connectivity index (χ3v) is 6.07. The second-order valence-corrected chi connectivity index (χ2v) is 7.72. The van der Waals surface area contributed by atoms with Crippen molar-refractivity contribution >= 4 is 33.2 Å². The van der Waals surface area contributed by atoms with Crippen LogP contribution in [0, 0.1) is 5.92 Å². The number of hydrogen-bond acceptors (Lipinski definition) is 3. The van der Waals surface area contributed by atoms with Crippen molar-refractivity contribution < 1.29 is 9.47 Å². The Kier molecular flexibility index (Phi) is 3.32. The van der Waals surface area contributed by atoms with Gasteiger partial charge in [0.05, 0.1) is 6.04 Å². The summed E-state index contributed by atoms with van der Waals surface area (Å²) in [5.41, 5.74) is 3.65. The van der Waals surface area contributed by atoms with Crippen LogP contribution in [0.2, 0.25) is 5.02 Å². The average molecular weight is 405 g/mol. The zero-order valence-electron chi connectivity index (χ0n) is 12.8. The molecule has 5 rings (SSSR count). The molecule has 122 valence electrons. The summed E-state index contributed by atoms with van der Waals surface area (Å²) in [6.45, 7) is 0.290. The van der Waals surface area contributed by atoms with Crippen molar-refractivity contribution in [2.45, 2.75) is 18.4 Å². The summed E-state index contributed by atoms with van der Waals surface area (Å²) in [6, 6.07) is 10.4. The van der Waals surface area contributed by atoms with E-state index in [2.05, 4.69) is 51.6 Å². The van der Waals surface area contributed by atoms with Gasteiger partial charge >= 0.3 is 0 Å². The lowest BCUT2D eigenvalue weighted by Crippen LogP contribution is -2.29. The minimum Gasteiger partial charge on any atom is -0.454 e. The zero-order valence-corrected chi connectivity index (χ0v) is 15.1. The predicted octanol–water partition coefficient (Wildman–Crippen LogP) is 5.66. The third kappa shape index (κ3) is 2.16. The second-order valence-electron chi connectivity index (χ2n) is 6.43. The first-order valence-electron chi connectivity index (χ1n) is 8.02. The summed E-state index contributed by atoms with van der Waals surface area (Å²) in [4.78, 5) is 0. The van der Waals surface area contributed by atoms with E-state index in [-0.39, 0.29) is 12.8 Å². The van der Waals surface area contributed by atoms with Crippen molar-refractivity contribution in [2.24, 2.45) is 5.92 Å². The smallest absolute Gasteiger partial charge is 0.231 e. The van der Waals surface area contributed by atoms with Crippen molar-refractivity contribution in [2.75, 3.05) is 12.1 Å². The molecule has 0 bridgehead atoms. The van der Waals surface area contributed by atoms with Gasteiger partial charge in [-0.05, 0) is 53.8 Å². The van der Waals surface area contributed by atoms with E-state index in [0.717, 1.165) is 33.1 Å². The number of halogens is 2. The van der Waals surface area contributed by atoms with E-state index in [1.807, 2.05) is 12.1 Å². The molecule has 3 aliphatic rings. The van der Waals surface area contributed by atoms with Gasteiger partial charge in [-0.2, -0.15) is 0 Å². The average Bonchev–Trinajstić information content (AvgIpc) is 3.22. The fourth-order valence-corrected chi connectivity index (χ4v) is 4.79. The van der Waals surface area contributed by atoms with Crippen molar-refractivity contribution in [1.29, 1.82) is 0 Å². The van der Waals surface area contributed by atoms with Crippen molar-refractivity contribution in [3.63, 3.8) is 0 Å². The van der Waals surface area contributed by atoms with Crippen LogP contribution in [0.15, 0.2) is 47.0 Å². The van der Waals surface area contributed by atoms with Crippen LogP contribution in [-0.4, -0.2) is 6.79 Å². The summed E-state index contributed by atoms with van der Waals surface area (Å²) in [6.07, 6.45) is 5.64. The number of hydrogen-bond donors (Lipinski definition) is 1. The van der Waals surface area contributed by atoms with Crippen LogP contribution in [-0.2, 0) is 0 Å². The highest BCUT2D eigenvalue weighted by molar-refractivity contribution is 9.10. The van der Waals surface area contributed by atoms with Gasteiger partial charge in [0.15, 0.2) is 11.5 Å². The molecule has 1 aliphatic carbocycles. The Balaban J connectivity index is 1.61. The van der Waals surface area contributed by atoms with Gasteiger partial charge in [0, 0.05) is 21.1 Å². The highest BCUT2D eigenvalue weighted by Crippen LogP contribution is 2.52. The van der Waals surface area contributed by atoms with Crippen LogP contribution in [0.4, 0.5) is 5.69 Å². The Bertz CT molecular complexity index is 867. The molecule has 0 saturated carbocycles. The predicted molar refractivity (Wildman–Crippen MR) is 98.1 cm³/mol. The molecule has 0 aromatic heterocycles. The summed E-state index contributed by atoms with van der Waals surface area (Å²) in [7, 11) is 0. The van der Waals surface area contributed by atoms with Crippen molar-refractivity contribution in [3.05, 3.63) is 63.1 Å². The molecule has 0 spiro atoms. The molecule has 0 amide bonds. The topological polar surface area (TPSA) is 30.5 Å². The van der Waals surface area contributed by atoms with Gasteiger partial charge in [-0.15, -0.1) is 0 Å². The van der Waals surface area contributed by atoms with Crippen LogP contribution in [0.25, 0.3) is 0 Å². The SMILES string of the molecule is Clc1ccc2c(c1)C1C=CCC1C(c1cc3c(cc1Br)OCO3)N2. The molecule has 0 fully saturated rings. The molecular formula is C19H15BrClNO2. The molecule has 2 aliphatic heterocycles. The third-order valence-electron chi connectivity index (χ3n) is 5.15. The van der Waals surface area contributed by atoms with E-state index in [4.69, 9.17) is 21.1 Å². The van der Waals surface area contributed by atoms with Crippen LogP contribution >= 0.6 is 27.5 Å². The van der Waals surface area contributed by atoms with Gasteiger partial charge in [-0.1, -0.05) is 39.7 Å². The highest BCUT2D eigenvalue weighted by Gasteiger charge is 2.39. The minimum atomic E-state index is 0.211. The fourth-order valence-electron chi connectivity index (χ4n) is 4.04. The molecule has 2 aromatic rings. The molecule has 3 unspecified atom stereocenters. The lowest BCUT2D eigenvalue weighted by molar-refractivity contribution is 0.174. The number of ether oxygens (including phenoxy) is 2. The van der Waals surface area contributed by atoms with Gasteiger partial charge < -0.3 is 14.8 Å². The minimum absolute atomic E-state index is 0.211.